The highest BCUT2D eigenvalue weighted by Crippen LogP contribution is 2.41. The number of ether oxygens (including phenoxy) is 1. The Labute approximate surface area is 158 Å². The van der Waals surface area contributed by atoms with E-state index in [4.69, 9.17) is 21.6 Å². The molecule has 0 bridgehead atoms. The minimum Gasteiger partial charge on any atom is -0.469 e. The van der Waals surface area contributed by atoms with Crippen molar-refractivity contribution in [3.05, 3.63) is 46.3 Å². The maximum atomic E-state index is 12.1. The molecule has 0 fully saturated rings. The minimum absolute atomic E-state index is 0.174. The number of H-pyrrole nitrogens is 1. The molecule has 6 N–H and O–H groups in total. The maximum Gasteiger partial charge on any atom is 0.308 e. The van der Waals surface area contributed by atoms with Gasteiger partial charge in [-0.2, -0.15) is 5.10 Å². The highest BCUT2D eigenvalue weighted by molar-refractivity contribution is 5.97. The minimum atomic E-state index is -0.191. The predicted octanol–water partition coefficient (Wildman–Crippen LogP) is 2.85. The van der Waals surface area contributed by atoms with E-state index >= 15 is 0 Å². The van der Waals surface area contributed by atoms with Crippen LogP contribution in [-0.4, -0.2) is 29.5 Å². The molecule has 3 rings (SSSR count). The lowest BCUT2D eigenvalue weighted by molar-refractivity contribution is -0.145. The molecular formula is C20H25N5O2. The van der Waals surface area contributed by atoms with Crippen LogP contribution in [0.2, 0.25) is 0 Å². The van der Waals surface area contributed by atoms with Gasteiger partial charge in [0.1, 0.15) is 0 Å². The number of benzene rings is 1. The van der Waals surface area contributed by atoms with Gasteiger partial charge in [0, 0.05) is 34.4 Å². The van der Waals surface area contributed by atoms with Gasteiger partial charge in [0.15, 0.2) is 0 Å². The van der Waals surface area contributed by atoms with Gasteiger partial charge in [-0.3, -0.25) is 9.89 Å². The first kappa shape index (κ1) is 18.7. The number of nitrogens with zero attached hydrogens (tertiary/aromatic N) is 1. The Balaban J connectivity index is 2.13. The van der Waals surface area contributed by atoms with Crippen LogP contribution in [0.1, 0.15) is 41.6 Å². The molecule has 27 heavy (non-hydrogen) atoms. The van der Waals surface area contributed by atoms with E-state index < -0.39 is 0 Å². The van der Waals surface area contributed by atoms with Crippen LogP contribution in [0.4, 0.5) is 11.4 Å². The number of anilines is 2. The number of nitrogens with one attached hydrogen (secondary N) is 2. The Hall–Kier alpha value is -3.09. The van der Waals surface area contributed by atoms with Crippen molar-refractivity contribution in [2.45, 2.75) is 32.6 Å². The molecule has 1 atom stereocenters. The van der Waals surface area contributed by atoms with Crippen molar-refractivity contribution in [2.75, 3.05) is 18.6 Å². The summed E-state index contributed by atoms with van der Waals surface area (Å²) < 4.78 is 4.96. The molecule has 1 aromatic carbocycles. The molecule has 0 amide bonds. The molecule has 0 aliphatic heterocycles. The summed E-state index contributed by atoms with van der Waals surface area (Å²) in [7, 11) is 1.42. The van der Waals surface area contributed by atoms with Gasteiger partial charge >= 0.3 is 5.97 Å². The average Bonchev–Trinajstić information content (AvgIpc) is 3.07. The van der Waals surface area contributed by atoms with Crippen LogP contribution in [0.3, 0.4) is 0 Å². The van der Waals surface area contributed by atoms with E-state index in [1.807, 2.05) is 13.1 Å². The van der Waals surface area contributed by atoms with Crippen LogP contribution >= 0.6 is 0 Å². The lowest BCUT2D eigenvalue weighted by Gasteiger charge is -2.28. The molecule has 0 spiro atoms. The summed E-state index contributed by atoms with van der Waals surface area (Å²) in [5.41, 5.74) is 19.2. The molecule has 0 radical (unpaired) electrons. The van der Waals surface area contributed by atoms with Gasteiger partial charge in [0.25, 0.3) is 0 Å². The summed E-state index contributed by atoms with van der Waals surface area (Å²) in [6.45, 7) is 1.97. The Kier molecular flexibility index (Phi) is 5.30. The van der Waals surface area contributed by atoms with Crippen molar-refractivity contribution in [2.24, 2.45) is 5.92 Å². The molecule has 1 aliphatic rings. The van der Waals surface area contributed by atoms with E-state index in [9.17, 15) is 4.79 Å². The molecule has 1 aliphatic carbocycles. The summed E-state index contributed by atoms with van der Waals surface area (Å²) in [6.07, 6.45) is 5.68. The topological polar surface area (TPSA) is 131 Å². The zero-order chi connectivity index (χ0) is 19.6. The van der Waals surface area contributed by atoms with Crippen LogP contribution in [0, 0.1) is 18.3 Å². The van der Waals surface area contributed by atoms with Crippen LogP contribution in [0.5, 0.6) is 0 Å². The van der Waals surface area contributed by atoms with Crippen LogP contribution in [0.15, 0.2) is 23.9 Å². The van der Waals surface area contributed by atoms with E-state index in [0.29, 0.717) is 42.6 Å². The third-order valence-corrected chi connectivity index (χ3v) is 5.29. The normalized spacial score (nSPS) is 17.0. The Morgan fingerprint density at radius 3 is 2.78 bits per heavy atom. The molecule has 2 aromatic rings. The van der Waals surface area contributed by atoms with E-state index in [1.165, 1.54) is 13.3 Å². The first-order valence-corrected chi connectivity index (χ1v) is 8.92. The second kappa shape index (κ2) is 7.65. The molecule has 0 saturated heterocycles. The summed E-state index contributed by atoms with van der Waals surface area (Å²) >= 11 is 0. The summed E-state index contributed by atoms with van der Waals surface area (Å²) in [5.74, 6) is -0.366. The number of carbonyl (C=O) groups is 1. The number of nitrogens with two attached hydrogens (primary N) is 2. The monoisotopic (exact) mass is 367 g/mol. The van der Waals surface area contributed by atoms with Crippen molar-refractivity contribution < 1.29 is 9.53 Å². The number of nitrogen functional groups attached to an aromatic ring is 2. The van der Waals surface area contributed by atoms with Crippen molar-refractivity contribution in [3.63, 3.8) is 0 Å². The van der Waals surface area contributed by atoms with Gasteiger partial charge in [-0.25, -0.2) is 0 Å². The number of hydrogen-bond acceptors (Lipinski definition) is 6. The van der Waals surface area contributed by atoms with Crippen molar-refractivity contribution in [3.8, 4) is 0 Å². The number of methoxy groups -OCH3 is 1. The van der Waals surface area contributed by atoms with Gasteiger partial charge in [-0.05, 0) is 55.9 Å². The van der Waals surface area contributed by atoms with Gasteiger partial charge in [-0.15, -0.1) is 0 Å². The molecule has 142 valence electrons. The standard InChI is InChI=1S/C20H25N5O2/c1-11-14(10-24-25-11)8-13-7-12(20(26)27-2)3-4-15(13)19-16(9-21)17(22)5-6-18(19)23/h5-6,9-10,12,21H,3-4,7-8,22-23H2,1-2H3,(H,24,25). The van der Waals surface area contributed by atoms with Gasteiger partial charge < -0.3 is 21.6 Å². The van der Waals surface area contributed by atoms with Crippen LogP contribution in [-0.2, 0) is 16.0 Å². The zero-order valence-corrected chi connectivity index (χ0v) is 15.6. The van der Waals surface area contributed by atoms with Gasteiger partial charge in [0.05, 0.1) is 19.2 Å². The van der Waals surface area contributed by atoms with E-state index in [1.54, 1.807) is 12.1 Å². The number of aromatic amines is 1. The largest absolute Gasteiger partial charge is 0.469 e. The summed E-state index contributed by atoms with van der Waals surface area (Å²) in [5, 5.41) is 14.9. The number of rotatable bonds is 5. The number of carbonyl (C=O) groups excluding carboxylic acids is 1. The third kappa shape index (κ3) is 3.58. The van der Waals surface area contributed by atoms with Crippen molar-refractivity contribution >= 4 is 29.1 Å². The maximum absolute atomic E-state index is 12.1. The fourth-order valence-electron chi connectivity index (χ4n) is 3.80. The van der Waals surface area contributed by atoms with Crippen LogP contribution in [0.25, 0.3) is 5.57 Å². The second-order valence-corrected chi connectivity index (χ2v) is 6.92. The number of esters is 1. The van der Waals surface area contributed by atoms with Crippen molar-refractivity contribution in [1.82, 2.24) is 10.2 Å². The lowest BCUT2D eigenvalue weighted by atomic mass is 9.77. The lowest BCUT2D eigenvalue weighted by Crippen LogP contribution is -2.22. The SMILES string of the molecule is COC(=O)C1CCC(c2c(N)ccc(N)c2C=N)=C(Cc2cn[nH]c2C)C1. The first-order valence-electron chi connectivity index (χ1n) is 8.92. The molecule has 1 unspecified atom stereocenters. The predicted molar refractivity (Wildman–Crippen MR) is 106 cm³/mol. The zero-order valence-electron chi connectivity index (χ0n) is 15.6. The Morgan fingerprint density at radius 1 is 1.41 bits per heavy atom. The highest BCUT2D eigenvalue weighted by Gasteiger charge is 2.29. The number of aromatic nitrogens is 2. The number of aryl methyl sites for hydroxylation is 1. The van der Waals surface area contributed by atoms with Crippen molar-refractivity contribution in [1.29, 1.82) is 5.41 Å². The molecule has 1 heterocycles. The average molecular weight is 367 g/mol. The van der Waals surface area contributed by atoms with Crippen LogP contribution < -0.4 is 11.5 Å². The van der Waals surface area contributed by atoms with E-state index in [-0.39, 0.29) is 11.9 Å². The fourth-order valence-corrected chi connectivity index (χ4v) is 3.80. The summed E-state index contributed by atoms with van der Waals surface area (Å²) in [6, 6.07) is 3.50. The molecule has 1 aromatic heterocycles. The van der Waals surface area contributed by atoms with E-state index in [0.717, 1.165) is 28.0 Å². The Morgan fingerprint density at radius 2 is 2.15 bits per heavy atom. The van der Waals surface area contributed by atoms with Gasteiger partial charge in [0.2, 0.25) is 0 Å². The molecule has 7 nitrogen and oxygen atoms in total. The molecular weight excluding hydrogens is 342 g/mol. The third-order valence-electron chi connectivity index (χ3n) is 5.29. The highest BCUT2D eigenvalue weighted by atomic mass is 16.5. The smallest absolute Gasteiger partial charge is 0.308 e. The fraction of sp³-hybridized carbons (Fsp3) is 0.350. The number of hydrogen-bond donors (Lipinski definition) is 4. The van der Waals surface area contributed by atoms with E-state index in [2.05, 4.69) is 10.2 Å². The number of allylic oxidation sites excluding steroid dienone is 2. The second-order valence-electron chi connectivity index (χ2n) is 6.92. The first-order chi connectivity index (χ1) is 13.0. The molecule has 0 saturated carbocycles. The molecule has 7 heteroatoms. The Bertz CT molecular complexity index is 913. The summed E-state index contributed by atoms with van der Waals surface area (Å²) in [4.78, 5) is 12.1. The quantitative estimate of drug-likeness (QED) is 0.367. The van der Waals surface area contributed by atoms with Gasteiger partial charge in [-0.1, -0.05) is 5.57 Å².